The van der Waals surface area contributed by atoms with Crippen LogP contribution in [0.3, 0.4) is 0 Å². The molecular weight excluding hydrogens is 246 g/mol. The van der Waals surface area contributed by atoms with Crippen molar-refractivity contribution in [3.63, 3.8) is 0 Å². The van der Waals surface area contributed by atoms with Crippen LogP contribution in [0.4, 0.5) is 0 Å². The van der Waals surface area contributed by atoms with Gasteiger partial charge >= 0.3 is 0 Å². The fraction of sp³-hybridized carbons (Fsp3) is 0.471. The van der Waals surface area contributed by atoms with Crippen LogP contribution < -0.4 is 5.32 Å². The molecule has 0 spiro atoms. The van der Waals surface area contributed by atoms with Crippen molar-refractivity contribution in [2.24, 2.45) is 5.92 Å². The summed E-state index contributed by atoms with van der Waals surface area (Å²) in [6.45, 7) is 7.29. The van der Waals surface area contributed by atoms with Gasteiger partial charge in [0.15, 0.2) is 0 Å². The quantitative estimate of drug-likeness (QED) is 0.779. The highest BCUT2D eigenvalue weighted by Crippen LogP contribution is 2.21. The molecule has 3 nitrogen and oxygen atoms in total. The summed E-state index contributed by atoms with van der Waals surface area (Å²) in [6, 6.07) is 10.8. The number of unbranched alkanes of at least 4 members (excludes halogenated alkanes) is 1. The SMILES string of the molecule is CC(C)CNCc1cccc2ccn(CCCC#N)c12. The molecule has 0 saturated heterocycles. The summed E-state index contributed by atoms with van der Waals surface area (Å²) in [7, 11) is 0. The Kier molecular flexibility index (Phi) is 5.20. The normalized spacial score (nSPS) is 11.1. The maximum atomic E-state index is 8.66. The number of rotatable bonds is 7. The monoisotopic (exact) mass is 269 g/mol. The highest BCUT2D eigenvalue weighted by atomic mass is 15.0. The van der Waals surface area contributed by atoms with Gasteiger partial charge in [0.25, 0.3) is 0 Å². The lowest BCUT2D eigenvalue weighted by Gasteiger charge is -2.11. The average molecular weight is 269 g/mol. The Bertz CT molecular complexity index is 590. The van der Waals surface area contributed by atoms with E-state index in [0.29, 0.717) is 12.3 Å². The smallest absolute Gasteiger partial charge is 0.0622 e. The Hall–Kier alpha value is -1.79. The van der Waals surface area contributed by atoms with Crippen molar-refractivity contribution in [2.75, 3.05) is 6.54 Å². The van der Waals surface area contributed by atoms with Crippen LogP contribution in [0.2, 0.25) is 0 Å². The number of nitrogens with zero attached hydrogens (tertiary/aromatic N) is 2. The molecule has 0 radical (unpaired) electrons. The molecule has 0 aliphatic heterocycles. The van der Waals surface area contributed by atoms with E-state index >= 15 is 0 Å². The van der Waals surface area contributed by atoms with Gasteiger partial charge in [-0.2, -0.15) is 5.26 Å². The molecule has 0 atom stereocenters. The highest BCUT2D eigenvalue weighted by molar-refractivity contribution is 5.83. The first-order valence-electron chi connectivity index (χ1n) is 7.36. The zero-order valence-electron chi connectivity index (χ0n) is 12.4. The highest BCUT2D eigenvalue weighted by Gasteiger charge is 2.06. The molecule has 1 aromatic heterocycles. The third kappa shape index (κ3) is 3.61. The molecule has 2 aromatic rings. The van der Waals surface area contributed by atoms with Gasteiger partial charge in [0.1, 0.15) is 0 Å². The van der Waals surface area contributed by atoms with Crippen LogP contribution in [-0.2, 0) is 13.1 Å². The second-order valence-corrected chi connectivity index (χ2v) is 5.65. The van der Waals surface area contributed by atoms with Gasteiger partial charge in [-0.15, -0.1) is 0 Å². The van der Waals surface area contributed by atoms with Crippen LogP contribution in [0, 0.1) is 17.2 Å². The van der Waals surface area contributed by atoms with Gasteiger partial charge in [-0.3, -0.25) is 0 Å². The second-order valence-electron chi connectivity index (χ2n) is 5.65. The first kappa shape index (κ1) is 14.6. The Morgan fingerprint density at radius 1 is 1.30 bits per heavy atom. The molecule has 0 aliphatic carbocycles. The van der Waals surface area contributed by atoms with Gasteiger partial charge in [-0.25, -0.2) is 0 Å². The second kappa shape index (κ2) is 7.12. The van der Waals surface area contributed by atoms with Crippen molar-refractivity contribution < 1.29 is 0 Å². The molecule has 106 valence electrons. The van der Waals surface area contributed by atoms with Crippen LogP contribution in [0.15, 0.2) is 30.5 Å². The number of hydrogen-bond donors (Lipinski definition) is 1. The largest absolute Gasteiger partial charge is 0.347 e. The van der Waals surface area contributed by atoms with Crippen molar-refractivity contribution in [1.29, 1.82) is 5.26 Å². The lowest BCUT2D eigenvalue weighted by molar-refractivity contribution is 0.552. The van der Waals surface area contributed by atoms with E-state index in [-0.39, 0.29) is 0 Å². The molecule has 2 rings (SSSR count). The Balaban J connectivity index is 2.16. The minimum absolute atomic E-state index is 0.618. The van der Waals surface area contributed by atoms with Crippen molar-refractivity contribution >= 4 is 10.9 Å². The van der Waals surface area contributed by atoms with Crippen molar-refractivity contribution in [3.8, 4) is 6.07 Å². The molecule has 0 bridgehead atoms. The summed E-state index contributed by atoms with van der Waals surface area (Å²) in [4.78, 5) is 0. The van der Waals surface area contributed by atoms with E-state index in [1.54, 1.807) is 0 Å². The summed E-state index contributed by atoms with van der Waals surface area (Å²) in [5.74, 6) is 0.664. The fourth-order valence-corrected chi connectivity index (χ4v) is 2.49. The molecule has 0 amide bonds. The minimum atomic E-state index is 0.618. The van der Waals surface area contributed by atoms with Crippen LogP contribution in [0.25, 0.3) is 10.9 Å². The number of benzene rings is 1. The molecule has 1 aromatic carbocycles. The lowest BCUT2D eigenvalue weighted by Crippen LogP contribution is -2.19. The van der Waals surface area contributed by atoms with Gasteiger partial charge < -0.3 is 9.88 Å². The van der Waals surface area contributed by atoms with Crippen LogP contribution in [0.5, 0.6) is 0 Å². The summed E-state index contributed by atoms with van der Waals surface area (Å²) in [5.41, 5.74) is 2.65. The Morgan fingerprint density at radius 3 is 2.90 bits per heavy atom. The summed E-state index contributed by atoms with van der Waals surface area (Å²) in [6.07, 6.45) is 3.66. The van der Waals surface area contributed by atoms with E-state index in [4.69, 9.17) is 5.26 Å². The summed E-state index contributed by atoms with van der Waals surface area (Å²) < 4.78 is 2.28. The maximum Gasteiger partial charge on any atom is 0.0622 e. The van der Waals surface area contributed by atoms with Crippen LogP contribution in [0.1, 0.15) is 32.3 Å². The van der Waals surface area contributed by atoms with Gasteiger partial charge in [-0.1, -0.05) is 32.0 Å². The molecule has 0 aliphatic rings. The third-order valence-corrected chi connectivity index (χ3v) is 3.43. The molecule has 0 fully saturated rings. The molecule has 1 heterocycles. The fourth-order valence-electron chi connectivity index (χ4n) is 2.49. The van der Waals surface area contributed by atoms with Gasteiger partial charge in [0.2, 0.25) is 0 Å². The average Bonchev–Trinajstić information content (AvgIpc) is 2.83. The van der Waals surface area contributed by atoms with Gasteiger partial charge in [0.05, 0.1) is 11.6 Å². The first-order chi connectivity index (χ1) is 9.72. The summed E-state index contributed by atoms with van der Waals surface area (Å²) >= 11 is 0. The number of para-hydroxylation sites is 1. The minimum Gasteiger partial charge on any atom is -0.347 e. The number of fused-ring (bicyclic) bond motifs is 1. The molecule has 0 saturated carbocycles. The van der Waals surface area contributed by atoms with E-state index in [1.165, 1.54) is 16.5 Å². The molecular formula is C17H23N3. The molecule has 3 heteroatoms. The first-order valence-corrected chi connectivity index (χ1v) is 7.36. The van der Waals surface area contributed by atoms with Gasteiger partial charge in [-0.05, 0) is 35.9 Å². The zero-order chi connectivity index (χ0) is 14.4. The zero-order valence-corrected chi connectivity index (χ0v) is 12.4. The predicted octanol–water partition coefficient (Wildman–Crippen LogP) is 3.69. The third-order valence-electron chi connectivity index (χ3n) is 3.43. The molecule has 0 unspecified atom stereocenters. The van der Waals surface area contributed by atoms with Crippen molar-refractivity contribution in [3.05, 3.63) is 36.0 Å². The van der Waals surface area contributed by atoms with Crippen molar-refractivity contribution in [1.82, 2.24) is 9.88 Å². The number of aromatic nitrogens is 1. The molecule has 20 heavy (non-hydrogen) atoms. The summed E-state index contributed by atoms with van der Waals surface area (Å²) in [5, 5.41) is 13.5. The van der Waals surface area contributed by atoms with E-state index in [1.807, 2.05) is 0 Å². The van der Waals surface area contributed by atoms with Crippen LogP contribution in [-0.4, -0.2) is 11.1 Å². The molecule has 1 N–H and O–H groups in total. The number of hydrogen-bond acceptors (Lipinski definition) is 2. The van der Waals surface area contributed by atoms with Crippen LogP contribution >= 0.6 is 0 Å². The number of nitrogens with one attached hydrogen (secondary N) is 1. The van der Waals surface area contributed by atoms with Crippen molar-refractivity contribution in [2.45, 2.75) is 39.8 Å². The van der Waals surface area contributed by atoms with E-state index in [0.717, 1.165) is 26.1 Å². The van der Waals surface area contributed by atoms with Gasteiger partial charge in [0, 0.05) is 25.7 Å². The number of nitriles is 1. The van der Waals surface area contributed by atoms with E-state index in [9.17, 15) is 0 Å². The Labute approximate surface area is 121 Å². The maximum absolute atomic E-state index is 8.66. The standard InChI is InChI=1S/C17H23N3/c1-14(2)12-19-13-16-7-5-6-15-8-11-20(17(15)16)10-4-3-9-18/h5-8,11,14,19H,3-4,10,12-13H2,1-2H3. The lowest BCUT2D eigenvalue weighted by atomic mass is 10.1. The Morgan fingerprint density at radius 2 is 2.15 bits per heavy atom. The topological polar surface area (TPSA) is 40.8 Å². The number of aryl methyl sites for hydroxylation is 1. The predicted molar refractivity (Wildman–Crippen MR) is 83.3 cm³/mol. The van der Waals surface area contributed by atoms with E-state index in [2.05, 4.69) is 60.3 Å². The van der Waals surface area contributed by atoms with E-state index < -0.39 is 0 Å².